The van der Waals surface area contributed by atoms with Gasteiger partial charge in [-0.3, -0.25) is 14.5 Å². The van der Waals surface area contributed by atoms with E-state index in [-0.39, 0.29) is 28.3 Å². The van der Waals surface area contributed by atoms with Gasteiger partial charge in [0.25, 0.3) is 11.7 Å². The Morgan fingerprint density at radius 3 is 2.24 bits per heavy atom. The van der Waals surface area contributed by atoms with E-state index in [2.05, 4.69) is 0 Å². The number of methoxy groups -OCH3 is 3. The molecule has 0 radical (unpaired) electrons. The Morgan fingerprint density at radius 2 is 1.66 bits per heavy atom. The summed E-state index contributed by atoms with van der Waals surface area (Å²) in [6, 6.07) is 11.7. The molecule has 0 aliphatic carbocycles. The molecule has 3 aromatic rings. The molecule has 0 bridgehead atoms. The fraction of sp³-hybridized carbons (Fsp3) is 0.214. The first-order valence-corrected chi connectivity index (χ1v) is 11.9. The van der Waals surface area contributed by atoms with Gasteiger partial charge in [0.15, 0.2) is 11.5 Å². The maximum absolute atomic E-state index is 14.2. The molecule has 10 heteroatoms. The van der Waals surface area contributed by atoms with Crippen LogP contribution in [0.2, 0.25) is 5.02 Å². The fourth-order valence-corrected chi connectivity index (χ4v) is 4.54. The van der Waals surface area contributed by atoms with Crippen LogP contribution in [0.1, 0.15) is 24.1 Å². The number of amides is 1. The van der Waals surface area contributed by atoms with Crippen LogP contribution in [0.3, 0.4) is 0 Å². The van der Waals surface area contributed by atoms with Gasteiger partial charge in [0.1, 0.15) is 17.3 Å². The summed E-state index contributed by atoms with van der Waals surface area (Å²) in [6.45, 7) is 2.09. The number of nitrogens with zero attached hydrogens (tertiary/aromatic N) is 1. The number of aliphatic hydroxyl groups is 1. The zero-order valence-corrected chi connectivity index (χ0v) is 21.8. The molecule has 198 valence electrons. The lowest BCUT2D eigenvalue weighted by Gasteiger charge is -2.26. The number of ketones is 1. The second-order valence-electron chi connectivity index (χ2n) is 8.19. The van der Waals surface area contributed by atoms with Crippen LogP contribution in [0.4, 0.5) is 10.1 Å². The van der Waals surface area contributed by atoms with Gasteiger partial charge >= 0.3 is 0 Å². The molecule has 4 rings (SSSR count). The number of halogens is 2. The van der Waals surface area contributed by atoms with Gasteiger partial charge < -0.3 is 24.1 Å². The minimum atomic E-state index is -1.17. The van der Waals surface area contributed by atoms with Crippen LogP contribution in [0.25, 0.3) is 5.76 Å². The monoisotopic (exact) mass is 541 g/mol. The van der Waals surface area contributed by atoms with Gasteiger partial charge in [0.2, 0.25) is 5.75 Å². The lowest BCUT2D eigenvalue weighted by atomic mass is 9.94. The Morgan fingerprint density at radius 1 is 0.974 bits per heavy atom. The largest absolute Gasteiger partial charge is 0.507 e. The number of Topliss-reactive ketones (excluding diaryl/α,β-unsaturated/α-hetero) is 1. The predicted molar refractivity (Wildman–Crippen MR) is 140 cm³/mol. The van der Waals surface area contributed by atoms with E-state index in [1.54, 1.807) is 19.1 Å². The first kappa shape index (κ1) is 26.8. The Hall–Kier alpha value is -4.24. The molecule has 8 nitrogen and oxygen atoms in total. The molecule has 1 heterocycles. The molecule has 0 aromatic heterocycles. The van der Waals surface area contributed by atoms with Crippen molar-refractivity contribution in [2.24, 2.45) is 0 Å². The highest BCUT2D eigenvalue weighted by atomic mass is 35.5. The number of carbonyl (C=O) groups excluding carboxylic acids is 2. The third-order valence-corrected chi connectivity index (χ3v) is 6.35. The van der Waals surface area contributed by atoms with Gasteiger partial charge in [0, 0.05) is 11.3 Å². The molecular weight excluding hydrogens is 517 g/mol. The smallest absolute Gasteiger partial charge is 0.300 e. The highest BCUT2D eigenvalue weighted by molar-refractivity contribution is 6.51. The summed E-state index contributed by atoms with van der Waals surface area (Å²) in [4.78, 5) is 27.9. The van der Waals surface area contributed by atoms with Crippen LogP contribution in [-0.2, 0) is 9.59 Å². The zero-order chi connectivity index (χ0) is 27.6. The standard InChI is InChI=1S/C28H25ClFNO7/c1-5-38-20-11-15(9-10-19(20)29)25(32)23-24(16-12-21(35-2)27(37-4)22(13-16)36-3)31(28(34)26(23)33)18-8-6-7-17(30)14-18/h6-14,24,32H,5H2,1-4H3/b25-23+. The normalized spacial score (nSPS) is 16.5. The van der Waals surface area contributed by atoms with E-state index < -0.39 is 29.3 Å². The maximum atomic E-state index is 14.2. The third kappa shape index (κ3) is 4.72. The van der Waals surface area contributed by atoms with Crippen molar-refractivity contribution in [1.29, 1.82) is 0 Å². The van der Waals surface area contributed by atoms with Crippen molar-refractivity contribution in [2.45, 2.75) is 13.0 Å². The molecule has 1 aliphatic rings. The Labute approximate surface area is 223 Å². The number of hydrogen-bond donors (Lipinski definition) is 1. The molecule has 1 aliphatic heterocycles. The molecule has 38 heavy (non-hydrogen) atoms. The van der Waals surface area contributed by atoms with Gasteiger partial charge in [0.05, 0.1) is 44.6 Å². The van der Waals surface area contributed by atoms with Crippen LogP contribution in [-0.4, -0.2) is 44.7 Å². The van der Waals surface area contributed by atoms with Crippen molar-refractivity contribution < 1.29 is 38.0 Å². The van der Waals surface area contributed by atoms with Crippen LogP contribution in [0.15, 0.2) is 60.2 Å². The number of benzene rings is 3. The van der Waals surface area contributed by atoms with Crippen molar-refractivity contribution in [1.82, 2.24) is 0 Å². The molecule has 3 aromatic carbocycles. The van der Waals surface area contributed by atoms with Gasteiger partial charge in [-0.2, -0.15) is 0 Å². The second-order valence-corrected chi connectivity index (χ2v) is 8.59. The highest BCUT2D eigenvalue weighted by Gasteiger charge is 2.47. The summed E-state index contributed by atoms with van der Waals surface area (Å²) in [5.41, 5.74) is 0.449. The average molecular weight is 542 g/mol. The third-order valence-electron chi connectivity index (χ3n) is 6.04. The van der Waals surface area contributed by atoms with Crippen LogP contribution in [0, 0.1) is 5.82 Å². The number of aliphatic hydroxyl groups excluding tert-OH is 1. The quantitative estimate of drug-likeness (QED) is 0.228. The topological polar surface area (TPSA) is 94.5 Å². The molecular formula is C28H25ClFNO7. The maximum Gasteiger partial charge on any atom is 0.300 e. The van der Waals surface area contributed by atoms with Crippen molar-refractivity contribution >= 4 is 34.7 Å². The lowest BCUT2D eigenvalue weighted by Crippen LogP contribution is -2.29. The van der Waals surface area contributed by atoms with Crippen LogP contribution < -0.4 is 23.8 Å². The zero-order valence-electron chi connectivity index (χ0n) is 21.1. The van der Waals surface area contributed by atoms with Gasteiger partial charge in [-0.05, 0) is 61.0 Å². The Bertz CT molecular complexity index is 1410. The first-order valence-electron chi connectivity index (χ1n) is 11.5. The SMILES string of the molecule is CCOc1cc(/C(O)=C2\C(=O)C(=O)N(c3cccc(F)c3)C2c2cc(OC)c(OC)c(OC)c2)ccc1Cl. The number of hydrogen-bond acceptors (Lipinski definition) is 7. The summed E-state index contributed by atoms with van der Waals surface area (Å²) in [6.07, 6.45) is 0. The molecule has 1 saturated heterocycles. The minimum absolute atomic E-state index is 0.121. The highest BCUT2D eigenvalue weighted by Crippen LogP contribution is 2.47. The average Bonchev–Trinajstić information content (AvgIpc) is 3.18. The van der Waals surface area contributed by atoms with Crippen molar-refractivity contribution in [3.8, 4) is 23.0 Å². The van der Waals surface area contributed by atoms with Crippen molar-refractivity contribution in [3.05, 3.63) is 82.1 Å². The molecule has 1 fully saturated rings. The summed E-state index contributed by atoms with van der Waals surface area (Å²) in [5, 5.41) is 11.7. The first-order chi connectivity index (χ1) is 18.2. The Kier molecular flexibility index (Phi) is 7.78. The van der Waals surface area contributed by atoms with Gasteiger partial charge in [-0.25, -0.2) is 4.39 Å². The summed E-state index contributed by atoms with van der Waals surface area (Å²) < 4.78 is 36.1. The number of anilines is 1. The van der Waals surface area contributed by atoms with E-state index in [4.69, 9.17) is 30.5 Å². The van der Waals surface area contributed by atoms with Crippen LogP contribution >= 0.6 is 11.6 Å². The second kappa shape index (κ2) is 11.0. The van der Waals surface area contributed by atoms with E-state index in [1.165, 1.54) is 57.7 Å². The van der Waals surface area contributed by atoms with E-state index >= 15 is 0 Å². The molecule has 0 saturated carbocycles. The Balaban J connectivity index is 2.01. The number of ether oxygens (including phenoxy) is 4. The molecule has 1 unspecified atom stereocenters. The van der Waals surface area contributed by atoms with E-state index in [1.807, 2.05) is 0 Å². The summed E-state index contributed by atoms with van der Waals surface area (Å²) in [7, 11) is 4.29. The number of carbonyl (C=O) groups is 2. The van der Waals surface area contributed by atoms with Crippen molar-refractivity contribution in [3.63, 3.8) is 0 Å². The van der Waals surface area contributed by atoms with Gasteiger partial charge in [-0.15, -0.1) is 0 Å². The summed E-state index contributed by atoms with van der Waals surface area (Å²) in [5.74, 6) is -1.87. The molecule has 1 atom stereocenters. The van der Waals surface area contributed by atoms with E-state index in [0.717, 1.165) is 11.0 Å². The van der Waals surface area contributed by atoms with E-state index in [9.17, 15) is 19.1 Å². The summed E-state index contributed by atoms with van der Waals surface area (Å²) >= 11 is 6.20. The minimum Gasteiger partial charge on any atom is -0.507 e. The van der Waals surface area contributed by atoms with Gasteiger partial charge in [-0.1, -0.05) is 17.7 Å². The molecule has 1 N–H and O–H groups in total. The van der Waals surface area contributed by atoms with Crippen molar-refractivity contribution in [2.75, 3.05) is 32.8 Å². The van der Waals surface area contributed by atoms with E-state index in [0.29, 0.717) is 28.7 Å². The predicted octanol–water partition coefficient (Wildman–Crippen LogP) is 5.53. The van der Waals surface area contributed by atoms with Crippen LogP contribution in [0.5, 0.6) is 23.0 Å². The molecule has 1 amide bonds. The lowest BCUT2D eigenvalue weighted by molar-refractivity contribution is -0.132. The fourth-order valence-electron chi connectivity index (χ4n) is 4.37. The number of rotatable bonds is 8. The molecule has 0 spiro atoms.